The predicted molar refractivity (Wildman–Crippen MR) is 69.0 cm³/mol. The third kappa shape index (κ3) is 4.25. The summed E-state index contributed by atoms with van der Waals surface area (Å²) in [5.41, 5.74) is 0. The second-order valence-corrected chi connectivity index (χ2v) is 5.46. The number of cyclic esters (lactones) is 1. The SMILES string of the molecule is CC[C@H](C)CCCC[C@@H](O)[C@@H]1C(=O)OC[C@H]1CO. The summed E-state index contributed by atoms with van der Waals surface area (Å²) >= 11 is 0. The van der Waals surface area contributed by atoms with Gasteiger partial charge >= 0.3 is 5.97 Å². The molecule has 0 aromatic rings. The number of hydrogen-bond acceptors (Lipinski definition) is 4. The highest BCUT2D eigenvalue weighted by Gasteiger charge is 2.41. The number of esters is 1. The molecular formula is C14H26O4. The number of carbonyl (C=O) groups is 1. The van der Waals surface area contributed by atoms with Crippen molar-refractivity contribution in [3.05, 3.63) is 0 Å². The molecule has 4 heteroatoms. The van der Waals surface area contributed by atoms with Crippen LogP contribution in [0.5, 0.6) is 0 Å². The molecule has 106 valence electrons. The lowest BCUT2D eigenvalue weighted by Crippen LogP contribution is -2.31. The lowest BCUT2D eigenvalue weighted by Gasteiger charge is -2.19. The van der Waals surface area contributed by atoms with Gasteiger partial charge in [0.05, 0.1) is 25.2 Å². The zero-order valence-corrected chi connectivity index (χ0v) is 11.5. The van der Waals surface area contributed by atoms with Crippen LogP contribution in [0.3, 0.4) is 0 Å². The molecule has 0 unspecified atom stereocenters. The Morgan fingerprint density at radius 3 is 2.67 bits per heavy atom. The molecule has 0 aromatic carbocycles. The fraction of sp³-hybridized carbons (Fsp3) is 0.929. The molecule has 0 spiro atoms. The molecule has 0 aromatic heterocycles. The van der Waals surface area contributed by atoms with Gasteiger partial charge in [-0.15, -0.1) is 0 Å². The molecule has 18 heavy (non-hydrogen) atoms. The molecule has 1 aliphatic heterocycles. The van der Waals surface area contributed by atoms with Crippen molar-refractivity contribution in [3.63, 3.8) is 0 Å². The van der Waals surface area contributed by atoms with Crippen molar-refractivity contribution in [2.75, 3.05) is 13.2 Å². The zero-order chi connectivity index (χ0) is 13.5. The summed E-state index contributed by atoms with van der Waals surface area (Å²) in [6, 6.07) is 0. The molecule has 1 heterocycles. The first-order valence-electron chi connectivity index (χ1n) is 7.05. The van der Waals surface area contributed by atoms with E-state index in [1.54, 1.807) is 0 Å². The Bertz CT molecular complexity index is 254. The Morgan fingerprint density at radius 2 is 2.06 bits per heavy atom. The second kappa shape index (κ2) is 7.74. The molecule has 4 nitrogen and oxygen atoms in total. The largest absolute Gasteiger partial charge is 0.465 e. The summed E-state index contributed by atoms with van der Waals surface area (Å²) in [7, 11) is 0. The minimum absolute atomic E-state index is 0.0969. The van der Waals surface area contributed by atoms with Crippen LogP contribution in [-0.2, 0) is 9.53 Å². The van der Waals surface area contributed by atoms with Gasteiger partial charge in [0.2, 0.25) is 0 Å². The monoisotopic (exact) mass is 258 g/mol. The standard InChI is InChI=1S/C14H26O4/c1-3-10(2)6-4-5-7-12(16)13-11(8-15)9-18-14(13)17/h10-13,15-16H,3-9H2,1-2H3/t10-,11+,12+,13+/m0/s1. The van der Waals surface area contributed by atoms with Crippen molar-refractivity contribution in [1.29, 1.82) is 0 Å². The molecule has 0 saturated carbocycles. The maximum Gasteiger partial charge on any atom is 0.312 e. The molecule has 1 rings (SSSR count). The molecule has 0 amide bonds. The van der Waals surface area contributed by atoms with Gasteiger partial charge in [-0.1, -0.05) is 39.5 Å². The minimum Gasteiger partial charge on any atom is -0.465 e. The smallest absolute Gasteiger partial charge is 0.312 e. The molecule has 0 radical (unpaired) electrons. The van der Waals surface area contributed by atoms with Crippen molar-refractivity contribution in [3.8, 4) is 0 Å². The van der Waals surface area contributed by atoms with Crippen LogP contribution in [0.2, 0.25) is 0 Å². The molecule has 1 aliphatic rings. The van der Waals surface area contributed by atoms with Crippen molar-refractivity contribution in [2.45, 2.75) is 52.1 Å². The van der Waals surface area contributed by atoms with Crippen LogP contribution in [0.4, 0.5) is 0 Å². The first kappa shape index (κ1) is 15.4. The number of hydrogen-bond donors (Lipinski definition) is 2. The Balaban J connectivity index is 2.27. The van der Waals surface area contributed by atoms with Crippen molar-refractivity contribution in [2.24, 2.45) is 17.8 Å². The average molecular weight is 258 g/mol. The number of carbonyl (C=O) groups excluding carboxylic acids is 1. The number of aliphatic hydroxyl groups excluding tert-OH is 2. The summed E-state index contributed by atoms with van der Waals surface area (Å²) in [6.07, 6.45) is 4.30. The zero-order valence-electron chi connectivity index (χ0n) is 11.5. The van der Waals surface area contributed by atoms with Gasteiger partial charge in [0, 0.05) is 5.92 Å². The van der Waals surface area contributed by atoms with Gasteiger partial charge in [0.25, 0.3) is 0 Å². The fourth-order valence-corrected chi connectivity index (χ4v) is 2.45. The maximum atomic E-state index is 11.5. The third-order valence-corrected chi connectivity index (χ3v) is 4.01. The van der Waals surface area contributed by atoms with Gasteiger partial charge < -0.3 is 14.9 Å². The van der Waals surface area contributed by atoms with Gasteiger partial charge in [-0.25, -0.2) is 0 Å². The molecule has 0 bridgehead atoms. The predicted octanol–water partition coefficient (Wildman–Crippen LogP) is 1.74. The molecule has 0 aliphatic carbocycles. The van der Waals surface area contributed by atoms with Gasteiger partial charge in [-0.2, -0.15) is 0 Å². The highest BCUT2D eigenvalue weighted by atomic mass is 16.5. The molecule has 1 fully saturated rings. The average Bonchev–Trinajstić information content (AvgIpc) is 2.75. The van der Waals surface area contributed by atoms with E-state index >= 15 is 0 Å². The van der Waals surface area contributed by atoms with E-state index in [0.29, 0.717) is 6.42 Å². The highest BCUT2D eigenvalue weighted by Crippen LogP contribution is 2.27. The first-order valence-corrected chi connectivity index (χ1v) is 7.05. The molecular weight excluding hydrogens is 232 g/mol. The van der Waals surface area contributed by atoms with E-state index in [9.17, 15) is 9.90 Å². The van der Waals surface area contributed by atoms with Crippen LogP contribution in [0.15, 0.2) is 0 Å². The Kier molecular flexibility index (Phi) is 6.65. The number of rotatable bonds is 8. The quantitative estimate of drug-likeness (QED) is 0.514. The number of unbranched alkanes of at least 4 members (excludes halogenated alkanes) is 1. The lowest BCUT2D eigenvalue weighted by atomic mass is 9.87. The summed E-state index contributed by atoms with van der Waals surface area (Å²) < 4.78 is 4.89. The molecule has 4 atom stereocenters. The van der Waals surface area contributed by atoms with E-state index in [1.165, 1.54) is 12.8 Å². The minimum atomic E-state index is -0.672. The van der Waals surface area contributed by atoms with E-state index in [-0.39, 0.29) is 25.1 Å². The van der Waals surface area contributed by atoms with E-state index in [4.69, 9.17) is 9.84 Å². The van der Waals surface area contributed by atoms with Crippen LogP contribution in [0.1, 0.15) is 46.0 Å². The van der Waals surface area contributed by atoms with Crippen molar-refractivity contribution < 1.29 is 19.7 Å². The third-order valence-electron chi connectivity index (χ3n) is 4.01. The normalized spacial score (nSPS) is 27.0. The van der Waals surface area contributed by atoms with Crippen LogP contribution in [0.25, 0.3) is 0 Å². The van der Waals surface area contributed by atoms with Gasteiger partial charge in [0.1, 0.15) is 0 Å². The highest BCUT2D eigenvalue weighted by molar-refractivity contribution is 5.75. The Morgan fingerprint density at radius 1 is 1.39 bits per heavy atom. The Hall–Kier alpha value is -0.610. The number of aliphatic hydroxyl groups is 2. The molecule has 2 N–H and O–H groups in total. The number of ether oxygens (including phenoxy) is 1. The lowest BCUT2D eigenvalue weighted by molar-refractivity contribution is -0.144. The summed E-state index contributed by atoms with van der Waals surface area (Å²) in [6.45, 7) is 4.55. The van der Waals surface area contributed by atoms with E-state index in [2.05, 4.69) is 13.8 Å². The first-order chi connectivity index (χ1) is 8.60. The van der Waals surface area contributed by atoms with E-state index in [1.807, 2.05) is 0 Å². The maximum absolute atomic E-state index is 11.5. The fourth-order valence-electron chi connectivity index (χ4n) is 2.45. The van der Waals surface area contributed by atoms with Crippen molar-refractivity contribution >= 4 is 5.97 Å². The van der Waals surface area contributed by atoms with Gasteiger partial charge in [0.15, 0.2) is 0 Å². The van der Waals surface area contributed by atoms with Crippen LogP contribution in [0, 0.1) is 17.8 Å². The van der Waals surface area contributed by atoms with Crippen LogP contribution >= 0.6 is 0 Å². The summed E-state index contributed by atoms with van der Waals surface area (Å²) in [4.78, 5) is 11.5. The van der Waals surface area contributed by atoms with E-state index < -0.39 is 12.0 Å². The van der Waals surface area contributed by atoms with Crippen LogP contribution < -0.4 is 0 Å². The van der Waals surface area contributed by atoms with Crippen molar-refractivity contribution in [1.82, 2.24) is 0 Å². The van der Waals surface area contributed by atoms with Gasteiger partial charge in [-0.05, 0) is 12.3 Å². The van der Waals surface area contributed by atoms with Gasteiger partial charge in [-0.3, -0.25) is 4.79 Å². The summed E-state index contributed by atoms with van der Waals surface area (Å²) in [5.74, 6) is -0.395. The molecule has 1 saturated heterocycles. The van der Waals surface area contributed by atoms with Crippen LogP contribution in [-0.4, -0.2) is 35.5 Å². The second-order valence-electron chi connectivity index (χ2n) is 5.46. The topological polar surface area (TPSA) is 66.8 Å². The van der Waals surface area contributed by atoms with E-state index in [0.717, 1.165) is 18.8 Å². The summed E-state index contributed by atoms with van der Waals surface area (Å²) in [5, 5.41) is 19.2. The Labute approximate surface area is 109 Å².